The van der Waals surface area contributed by atoms with Crippen LogP contribution in [0.1, 0.15) is 10.4 Å². The fourth-order valence-corrected chi connectivity index (χ4v) is 2.24. The molecule has 2 rings (SSSR count). The lowest BCUT2D eigenvalue weighted by Gasteiger charge is -2.35. The van der Waals surface area contributed by atoms with Gasteiger partial charge >= 0.3 is 0 Å². The van der Waals surface area contributed by atoms with E-state index in [-0.39, 0.29) is 0 Å². The first-order chi connectivity index (χ1) is 8.20. The molecule has 0 aliphatic carbocycles. The third-order valence-electron chi connectivity index (χ3n) is 2.64. The minimum atomic E-state index is -2.22. The van der Waals surface area contributed by atoms with E-state index < -0.39 is 16.5 Å². The SMILES string of the molecule is O=Cc1ccc(N2CCO[C@@H](S(=O)[O-])C2)cc1. The molecule has 0 radical (unpaired) electrons. The predicted octanol–water partition coefficient (Wildman–Crippen LogP) is 0.541. The van der Waals surface area contributed by atoms with Crippen LogP contribution in [0.25, 0.3) is 0 Å². The number of ether oxygens (including phenoxy) is 1. The molecule has 1 aromatic rings. The minimum absolute atomic E-state index is 0.316. The van der Waals surface area contributed by atoms with Crippen molar-refractivity contribution in [3.63, 3.8) is 0 Å². The first kappa shape index (κ1) is 12.2. The standard InChI is InChI=1S/C11H13NO4S/c13-8-9-1-3-10(4-2-9)12-5-6-16-11(7-12)17(14)15/h1-4,8,11H,5-7H2,(H,14,15)/p-1/t11-/m0/s1. The third kappa shape index (κ3) is 2.91. The molecule has 0 saturated carbocycles. The number of carbonyl (C=O) groups is 1. The Bertz CT molecular complexity index is 420. The van der Waals surface area contributed by atoms with Gasteiger partial charge in [-0.05, 0) is 35.3 Å². The molecule has 0 N–H and O–H groups in total. The Morgan fingerprint density at radius 2 is 2.12 bits per heavy atom. The van der Waals surface area contributed by atoms with Crippen molar-refractivity contribution in [1.29, 1.82) is 0 Å². The number of carbonyl (C=O) groups excluding carboxylic acids is 1. The minimum Gasteiger partial charge on any atom is -0.770 e. The van der Waals surface area contributed by atoms with Crippen molar-refractivity contribution in [2.75, 3.05) is 24.6 Å². The zero-order valence-corrected chi connectivity index (χ0v) is 9.89. The van der Waals surface area contributed by atoms with E-state index in [4.69, 9.17) is 4.74 Å². The van der Waals surface area contributed by atoms with E-state index in [2.05, 4.69) is 0 Å². The molecule has 6 heteroatoms. The van der Waals surface area contributed by atoms with Gasteiger partial charge in [0.25, 0.3) is 0 Å². The van der Waals surface area contributed by atoms with Crippen molar-refractivity contribution < 1.29 is 18.3 Å². The fourth-order valence-electron chi connectivity index (χ4n) is 1.73. The van der Waals surface area contributed by atoms with Crippen molar-refractivity contribution in [1.82, 2.24) is 0 Å². The van der Waals surface area contributed by atoms with Crippen LogP contribution in [-0.2, 0) is 15.8 Å². The van der Waals surface area contributed by atoms with Gasteiger partial charge in [0, 0.05) is 17.8 Å². The highest BCUT2D eigenvalue weighted by Gasteiger charge is 2.21. The van der Waals surface area contributed by atoms with E-state index in [1.807, 2.05) is 4.90 Å². The van der Waals surface area contributed by atoms with Gasteiger partial charge in [0.2, 0.25) is 0 Å². The molecule has 5 nitrogen and oxygen atoms in total. The van der Waals surface area contributed by atoms with E-state index >= 15 is 0 Å². The van der Waals surface area contributed by atoms with E-state index in [0.717, 1.165) is 12.0 Å². The number of nitrogens with zero attached hydrogens (tertiary/aromatic N) is 1. The van der Waals surface area contributed by atoms with E-state index in [1.54, 1.807) is 24.3 Å². The third-order valence-corrected chi connectivity index (χ3v) is 3.36. The molecule has 0 aromatic heterocycles. The van der Waals surface area contributed by atoms with Gasteiger partial charge in [-0.2, -0.15) is 0 Å². The summed E-state index contributed by atoms with van der Waals surface area (Å²) in [6.45, 7) is 1.35. The largest absolute Gasteiger partial charge is 0.770 e. The molecule has 0 spiro atoms. The summed E-state index contributed by atoms with van der Waals surface area (Å²) in [4.78, 5) is 12.4. The van der Waals surface area contributed by atoms with Crippen molar-refractivity contribution in [3.8, 4) is 0 Å². The molecule has 92 valence electrons. The summed E-state index contributed by atoms with van der Waals surface area (Å²) in [6, 6.07) is 7.03. The summed E-state index contributed by atoms with van der Waals surface area (Å²) in [5, 5.41) is 0. The first-order valence-corrected chi connectivity index (χ1v) is 6.34. The van der Waals surface area contributed by atoms with Crippen LogP contribution in [-0.4, -0.2) is 40.2 Å². The summed E-state index contributed by atoms with van der Waals surface area (Å²) < 4.78 is 26.8. The molecule has 0 amide bonds. The lowest BCUT2D eigenvalue weighted by atomic mass is 10.2. The monoisotopic (exact) mass is 254 g/mol. The molecular formula is C11H12NO4S-. The van der Waals surface area contributed by atoms with Gasteiger partial charge in [-0.3, -0.25) is 9.00 Å². The Labute approximate surface area is 102 Å². The zero-order chi connectivity index (χ0) is 12.3. The lowest BCUT2D eigenvalue weighted by molar-refractivity contribution is 0.0897. The number of benzene rings is 1. The molecule has 2 atom stereocenters. The Balaban J connectivity index is 2.10. The van der Waals surface area contributed by atoms with Gasteiger partial charge in [0.05, 0.1) is 13.2 Å². The summed E-state index contributed by atoms with van der Waals surface area (Å²) in [7, 11) is 0. The number of hydrogen-bond donors (Lipinski definition) is 0. The molecule has 1 saturated heterocycles. The summed E-state index contributed by atoms with van der Waals surface area (Å²) in [5.74, 6) is 0. The maximum Gasteiger partial charge on any atom is 0.150 e. The Hall–Kier alpha value is -1.24. The molecule has 0 bridgehead atoms. The number of morpholine rings is 1. The smallest absolute Gasteiger partial charge is 0.150 e. The fraction of sp³-hybridized carbons (Fsp3) is 0.364. The van der Waals surface area contributed by atoms with E-state index in [9.17, 15) is 13.6 Å². The molecule has 17 heavy (non-hydrogen) atoms. The highest BCUT2D eigenvalue weighted by molar-refractivity contribution is 7.79. The maximum absolute atomic E-state index is 10.8. The van der Waals surface area contributed by atoms with Gasteiger partial charge in [-0.25, -0.2) is 0 Å². The Morgan fingerprint density at radius 1 is 1.41 bits per heavy atom. The van der Waals surface area contributed by atoms with Crippen LogP contribution in [0.5, 0.6) is 0 Å². The summed E-state index contributed by atoms with van der Waals surface area (Å²) in [5.41, 5.74) is 0.717. The van der Waals surface area contributed by atoms with Crippen molar-refractivity contribution in [3.05, 3.63) is 29.8 Å². The number of hydrogen-bond acceptors (Lipinski definition) is 5. The highest BCUT2D eigenvalue weighted by atomic mass is 32.2. The molecule has 1 aromatic carbocycles. The summed E-state index contributed by atoms with van der Waals surface area (Å²) >= 11 is -2.22. The lowest BCUT2D eigenvalue weighted by Crippen LogP contribution is -2.44. The van der Waals surface area contributed by atoms with Crippen LogP contribution in [0.3, 0.4) is 0 Å². The van der Waals surface area contributed by atoms with Crippen LogP contribution >= 0.6 is 0 Å². The van der Waals surface area contributed by atoms with Crippen molar-refractivity contribution >= 4 is 23.1 Å². The maximum atomic E-state index is 10.8. The second-order valence-corrected chi connectivity index (χ2v) is 4.76. The molecule has 1 heterocycles. The average molecular weight is 254 g/mol. The van der Waals surface area contributed by atoms with Crippen LogP contribution in [0, 0.1) is 0 Å². The van der Waals surface area contributed by atoms with Gasteiger partial charge in [-0.15, -0.1) is 0 Å². The van der Waals surface area contributed by atoms with Crippen LogP contribution in [0.15, 0.2) is 24.3 Å². The molecule has 1 aliphatic heterocycles. The molecule has 1 unspecified atom stereocenters. The van der Waals surface area contributed by atoms with Crippen molar-refractivity contribution in [2.24, 2.45) is 0 Å². The molecule has 1 fully saturated rings. The average Bonchev–Trinajstić information content (AvgIpc) is 2.39. The Morgan fingerprint density at radius 3 is 2.71 bits per heavy atom. The van der Waals surface area contributed by atoms with Crippen LogP contribution in [0.4, 0.5) is 5.69 Å². The van der Waals surface area contributed by atoms with E-state index in [0.29, 0.717) is 25.3 Å². The van der Waals surface area contributed by atoms with Gasteiger partial charge in [0.15, 0.2) is 0 Å². The van der Waals surface area contributed by atoms with Gasteiger partial charge in [-0.1, -0.05) is 0 Å². The topological polar surface area (TPSA) is 69.7 Å². The molecule has 1 aliphatic rings. The number of aldehydes is 1. The highest BCUT2D eigenvalue weighted by Crippen LogP contribution is 2.18. The normalized spacial score (nSPS) is 22.2. The van der Waals surface area contributed by atoms with Gasteiger partial charge < -0.3 is 14.2 Å². The number of anilines is 1. The molecular weight excluding hydrogens is 242 g/mol. The predicted molar refractivity (Wildman–Crippen MR) is 62.7 cm³/mol. The van der Waals surface area contributed by atoms with Crippen LogP contribution < -0.4 is 4.90 Å². The Kier molecular flexibility index (Phi) is 3.88. The second-order valence-electron chi connectivity index (χ2n) is 3.72. The number of rotatable bonds is 3. The van der Waals surface area contributed by atoms with E-state index in [1.165, 1.54) is 0 Å². The van der Waals surface area contributed by atoms with Crippen LogP contribution in [0.2, 0.25) is 0 Å². The summed E-state index contributed by atoms with van der Waals surface area (Å²) in [6.07, 6.45) is 0.776. The van der Waals surface area contributed by atoms with Gasteiger partial charge in [0.1, 0.15) is 11.7 Å². The zero-order valence-electron chi connectivity index (χ0n) is 9.07. The second kappa shape index (κ2) is 5.39. The quantitative estimate of drug-likeness (QED) is 0.581. The van der Waals surface area contributed by atoms with Crippen molar-refractivity contribution in [2.45, 2.75) is 5.44 Å². The first-order valence-electron chi connectivity index (χ1n) is 5.20.